The van der Waals surface area contributed by atoms with Crippen LogP contribution in [0.5, 0.6) is 0 Å². The van der Waals surface area contributed by atoms with Crippen molar-refractivity contribution in [3.05, 3.63) is 28.8 Å². The van der Waals surface area contributed by atoms with E-state index in [-0.39, 0.29) is 6.54 Å². The summed E-state index contributed by atoms with van der Waals surface area (Å²) in [7, 11) is 0. The monoisotopic (exact) mass is 266 g/mol. The van der Waals surface area contributed by atoms with E-state index < -0.39 is 11.5 Å². The van der Waals surface area contributed by atoms with Crippen LogP contribution in [0.25, 0.3) is 0 Å². The first kappa shape index (κ1) is 14.3. The molecule has 0 aromatic heterocycles. The molecule has 0 amide bonds. The second kappa shape index (κ2) is 5.28. The summed E-state index contributed by atoms with van der Waals surface area (Å²) in [6, 6.07) is 6.89. The Morgan fingerprint density at radius 2 is 2.11 bits per heavy atom. The summed E-state index contributed by atoms with van der Waals surface area (Å²) in [6.07, 6.45) is 0. The van der Waals surface area contributed by atoms with Gasteiger partial charge in [-0.3, -0.25) is 4.79 Å². The highest BCUT2D eigenvalue weighted by Gasteiger charge is 2.26. The molecule has 0 saturated heterocycles. The minimum atomic E-state index is -0.950. The number of benzene rings is 1. The van der Waals surface area contributed by atoms with Crippen molar-refractivity contribution < 1.29 is 9.90 Å². The van der Waals surface area contributed by atoms with Gasteiger partial charge in [0.25, 0.3) is 0 Å². The predicted octanol–water partition coefficient (Wildman–Crippen LogP) is 2.90. The molecule has 96 valence electrons. The van der Waals surface area contributed by atoms with E-state index in [2.05, 4.69) is 6.07 Å². The molecule has 0 saturated carbocycles. The number of nitrogens with zero attached hydrogens (tertiary/aromatic N) is 2. The van der Waals surface area contributed by atoms with Gasteiger partial charge in [-0.15, -0.1) is 0 Å². The Kier molecular flexibility index (Phi) is 4.20. The molecule has 0 radical (unpaired) electrons. The van der Waals surface area contributed by atoms with Gasteiger partial charge in [-0.1, -0.05) is 11.6 Å². The topological polar surface area (TPSA) is 64.3 Å². The number of aliphatic carboxylic acids is 1. The summed E-state index contributed by atoms with van der Waals surface area (Å²) in [5.41, 5.74) is 0.532. The highest BCUT2D eigenvalue weighted by Crippen LogP contribution is 2.29. The number of hydrogen-bond acceptors (Lipinski definition) is 3. The van der Waals surface area contributed by atoms with E-state index in [0.29, 0.717) is 16.3 Å². The molecule has 0 aliphatic rings. The molecule has 1 aromatic carbocycles. The predicted molar refractivity (Wildman–Crippen MR) is 70.9 cm³/mol. The lowest BCUT2D eigenvalue weighted by molar-refractivity contribution is -0.135. The van der Waals surface area contributed by atoms with Crippen LogP contribution in [0.4, 0.5) is 5.69 Å². The SMILES string of the molecule is CC(C)(C)N(CC(=O)O)c1cc(Cl)ccc1C#N. The van der Waals surface area contributed by atoms with Crippen molar-refractivity contribution in [2.45, 2.75) is 26.3 Å². The second-order valence-corrected chi connectivity index (χ2v) is 5.36. The van der Waals surface area contributed by atoms with Crippen LogP contribution in [0.15, 0.2) is 18.2 Å². The first-order chi connectivity index (χ1) is 8.25. The van der Waals surface area contributed by atoms with Crippen LogP contribution < -0.4 is 4.90 Å². The zero-order chi connectivity index (χ0) is 13.9. The maximum Gasteiger partial charge on any atom is 0.323 e. The summed E-state index contributed by atoms with van der Waals surface area (Å²) in [5.74, 6) is -0.950. The number of halogens is 1. The van der Waals surface area contributed by atoms with Gasteiger partial charge in [0, 0.05) is 10.6 Å². The van der Waals surface area contributed by atoms with Gasteiger partial charge in [0.15, 0.2) is 0 Å². The van der Waals surface area contributed by atoms with E-state index in [1.807, 2.05) is 20.8 Å². The molecule has 0 aliphatic heterocycles. The molecule has 1 N–H and O–H groups in total. The average molecular weight is 267 g/mol. The highest BCUT2D eigenvalue weighted by molar-refractivity contribution is 6.30. The van der Waals surface area contributed by atoms with Crippen LogP contribution in [0.1, 0.15) is 26.3 Å². The van der Waals surface area contributed by atoms with Crippen LogP contribution in [0.2, 0.25) is 5.02 Å². The maximum absolute atomic E-state index is 11.0. The van der Waals surface area contributed by atoms with Crippen molar-refractivity contribution in [3.8, 4) is 6.07 Å². The first-order valence-electron chi connectivity index (χ1n) is 5.45. The van der Waals surface area contributed by atoms with E-state index in [0.717, 1.165) is 0 Å². The zero-order valence-electron chi connectivity index (χ0n) is 10.6. The molecule has 0 bridgehead atoms. The largest absolute Gasteiger partial charge is 0.480 e. The van der Waals surface area contributed by atoms with Gasteiger partial charge in [0.05, 0.1) is 11.3 Å². The molecule has 0 unspecified atom stereocenters. The van der Waals surface area contributed by atoms with Crippen LogP contribution in [-0.2, 0) is 4.79 Å². The van der Waals surface area contributed by atoms with Crippen molar-refractivity contribution in [1.82, 2.24) is 0 Å². The van der Waals surface area contributed by atoms with Gasteiger partial charge in [-0.2, -0.15) is 5.26 Å². The van der Waals surface area contributed by atoms with Crippen molar-refractivity contribution in [1.29, 1.82) is 5.26 Å². The Hall–Kier alpha value is -1.73. The lowest BCUT2D eigenvalue weighted by atomic mass is 10.0. The third kappa shape index (κ3) is 3.38. The van der Waals surface area contributed by atoms with Crippen molar-refractivity contribution in [3.63, 3.8) is 0 Å². The van der Waals surface area contributed by atoms with Crippen molar-refractivity contribution in [2.24, 2.45) is 0 Å². The summed E-state index contributed by atoms with van der Waals surface area (Å²) in [6.45, 7) is 5.48. The van der Waals surface area contributed by atoms with E-state index in [4.69, 9.17) is 22.0 Å². The van der Waals surface area contributed by atoms with Crippen LogP contribution in [-0.4, -0.2) is 23.2 Å². The van der Waals surface area contributed by atoms with Gasteiger partial charge < -0.3 is 10.0 Å². The van der Waals surface area contributed by atoms with E-state index in [1.165, 1.54) is 0 Å². The fourth-order valence-electron chi connectivity index (χ4n) is 1.64. The minimum Gasteiger partial charge on any atom is -0.480 e. The Labute approximate surface area is 111 Å². The Balaban J connectivity index is 3.33. The van der Waals surface area contributed by atoms with Crippen molar-refractivity contribution in [2.75, 3.05) is 11.4 Å². The lowest BCUT2D eigenvalue weighted by Gasteiger charge is -2.37. The molecule has 0 heterocycles. The molecule has 1 rings (SSSR count). The number of nitriles is 1. The zero-order valence-corrected chi connectivity index (χ0v) is 11.3. The van der Waals surface area contributed by atoms with E-state index in [9.17, 15) is 4.79 Å². The summed E-state index contributed by atoms with van der Waals surface area (Å²) in [4.78, 5) is 12.6. The molecule has 5 heteroatoms. The normalized spacial score (nSPS) is 10.8. The number of rotatable bonds is 3. The molecule has 1 aromatic rings. The number of carbonyl (C=O) groups is 1. The van der Waals surface area contributed by atoms with Gasteiger partial charge in [-0.25, -0.2) is 0 Å². The Morgan fingerprint density at radius 3 is 2.56 bits per heavy atom. The molecule has 0 atom stereocenters. The van der Waals surface area contributed by atoms with Crippen LogP contribution in [0, 0.1) is 11.3 Å². The third-order valence-corrected chi connectivity index (χ3v) is 2.71. The van der Waals surface area contributed by atoms with Gasteiger partial charge >= 0.3 is 5.97 Å². The van der Waals surface area contributed by atoms with E-state index >= 15 is 0 Å². The first-order valence-corrected chi connectivity index (χ1v) is 5.82. The summed E-state index contributed by atoms with van der Waals surface area (Å²) < 4.78 is 0. The molecule has 0 aliphatic carbocycles. The Morgan fingerprint density at radius 1 is 1.50 bits per heavy atom. The standard InChI is InChI=1S/C13H15ClN2O2/c1-13(2,3)16(8-12(17)18)11-6-10(14)5-4-9(11)7-15/h4-6H,8H2,1-3H3,(H,17,18). The van der Waals surface area contributed by atoms with E-state index in [1.54, 1.807) is 23.1 Å². The molecule has 18 heavy (non-hydrogen) atoms. The number of hydrogen-bond donors (Lipinski definition) is 1. The fraction of sp³-hybridized carbons (Fsp3) is 0.385. The summed E-state index contributed by atoms with van der Waals surface area (Å²) in [5, 5.41) is 18.6. The fourth-order valence-corrected chi connectivity index (χ4v) is 1.81. The van der Waals surface area contributed by atoms with Crippen molar-refractivity contribution >= 4 is 23.3 Å². The molecule has 4 nitrogen and oxygen atoms in total. The number of carboxylic acids is 1. The summed E-state index contributed by atoms with van der Waals surface area (Å²) >= 11 is 5.92. The maximum atomic E-state index is 11.0. The van der Waals surface area contributed by atoms with Crippen LogP contribution in [0.3, 0.4) is 0 Å². The minimum absolute atomic E-state index is 0.182. The highest BCUT2D eigenvalue weighted by atomic mass is 35.5. The molecule has 0 spiro atoms. The van der Waals surface area contributed by atoms with Gasteiger partial charge in [0.1, 0.15) is 12.6 Å². The van der Waals surface area contributed by atoms with Crippen LogP contribution >= 0.6 is 11.6 Å². The second-order valence-electron chi connectivity index (χ2n) is 4.92. The Bertz CT molecular complexity index is 501. The molecule has 0 fully saturated rings. The molecular weight excluding hydrogens is 252 g/mol. The third-order valence-electron chi connectivity index (χ3n) is 2.47. The number of anilines is 1. The van der Waals surface area contributed by atoms with Gasteiger partial charge in [-0.05, 0) is 39.0 Å². The smallest absolute Gasteiger partial charge is 0.323 e. The average Bonchev–Trinajstić information content (AvgIpc) is 2.24. The number of carboxylic acid groups (broad SMARTS) is 1. The molecular formula is C13H15ClN2O2. The quantitative estimate of drug-likeness (QED) is 0.914. The van der Waals surface area contributed by atoms with Gasteiger partial charge in [0.2, 0.25) is 0 Å². The lowest BCUT2D eigenvalue weighted by Crippen LogP contribution is -2.45.